The van der Waals surface area contributed by atoms with Gasteiger partial charge in [0.25, 0.3) is 0 Å². The summed E-state index contributed by atoms with van der Waals surface area (Å²) in [7, 11) is 0. The first-order chi connectivity index (χ1) is 6.24. The molecule has 0 heterocycles. The highest BCUT2D eigenvalue weighted by Gasteiger charge is 2.22. The van der Waals surface area contributed by atoms with Gasteiger partial charge in [-0.05, 0) is 24.8 Å². The van der Waals surface area contributed by atoms with Crippen molar-refractivity contribution in [2.75, 3.05) is 6.54 Å². The van der Waals surface area contributed by atoms with Crippen molar-refractivity contribution in [2.24, 2.45) is 11.8 Å². The lowest BCUT2D eigenvalue weighted by atomic mass is 9.78. The summed E-state index contributed by atoms with van der Waals surface area (Å²) < 4.78 is 0. The molecule has 2 atom stereocenters. The van der Waals surface area contributed by atoms with E-state index in [2.05, 4.69) is 26.1 Å². The second-order valence-electron chi connectivity index (χ2n) is 4.78. The predicted molar refractivity (Wildman–Crippen MR) is 58.9 cm³/mol. The lowest BCUT2D eigenvalue weighted by Crippen LogP contribution is -2.33. The van der Waals surface area contributed by atoms with Crippen LogP contribution in [-0.4, -0.2) is 12.6 Å². The van der Waals surface area contributed by atoms with Crippen molar-refractivity contribution in [1.29, 1.82) is 0 Å². The SMILES string of the molecule is CCC1CCCCC1CNC(C)C. The third kappa shape index (κ3) is 3.68. The molecule has 0 amide bonds. The molecule has 0 aromatic carbocycles. The normalized spacial score (nSPS) is 29.5. The highest BCUT2D eigenvalue weighted by atomic mass is 14.9. The molecule has 1 nitrogen and oxygen atoms in total. The molecule has 1 heteroatoms. The molecule has 1 N–H and O–H groups in total. The topological polar surface area (TPSA) is 12.0 Å². The van der Waals surface area contributed by atoms with E-state index in [1.165, 1.54) is 38.6 Å². The first-order valence-electron chi connectivity index (χ1n) is 5.97. The van der Waals surface area contributed by atoms with Crippen LogP contribution in [0.5, 0.6) is 0 Å². The van der Waals surface area contributed by atoms with E-state index in [-0.39, 0.29) is 0 Å². The molecule has 0 aromatic rings. The predicted octanol–water partition coefficient (Wildman–Crippen LogP) is 3.20. The van der Waals surface area contributed by atoms with Crippen molar-refractivity contribution < 1.29 is 0 Å². The summed E-state index contributed by atoms with van der Waals surface area (Å²) in [5, 5.41) is 3.58. The minimum Gasteiger partial charge on any atom is -0.314 e. The van der Waals surface area contributed by atoms with E-state index in [0.717, 1.165) is 11.8 Å². The van der Waals surface area contributed by atoms with Crippen molar-refractivity contribution >= 4 is 0 Å². The Bertz CT molecular complexity index is 131. The van der Waals surface area contributed by atoms with Crippen LogP contribution in [0.2, 0.25) is 0 Å². The van der Waals surface area contributed by atoms with Gasteiger partial charge in [-0.25, -0.2) is 0 Å². The molecule has 0 saturated heterocycles. The zero-order valence-corrected chi connectivity index (χ0v) is 9.47. The summed E-state index contributed by atoms with van der Waals surface area (Å²) in [4.78, 5) is 0. The third-order valence-electron chi connectivity index (χ3n) is 3.38. The molecule has 1 rings (SSSR count). The molecule has 78 valence electrons. The maximum Gasteiger partial charge on any atom is 0.00104 e. The van der Waals surface area contributed by atoms with Crippen molar-refractivity contribution in [3.8, 4) is 0 Å². The zero-order chi connectivity index (χ0) is 9.68. The van der Waals surface area contributed by atoms with Crippen LogP contribution < -0.4 is 5.32 Å². The van der Waals surface area contributed by atoms with E-state index in [0.29, 0.717) is 6.04 Å². The number of rotatable bonds is 4. The highest BCUT2D eigenvalue weighted by Crippen LogP contribution is 2.31. The van der Waals surface area contributed by atoms with Crippen molar-refractivity contribution in [2.45, 2.75) is 58.9 Å². The lowest BCUT2D eigenvalue weighted by Gasteiger charge is -2.31. The Hall–Kier alpha value is -0.0400. The summed E-state index contributed by atoms with van der Waals surface area (Å²) in [5.74, 6) is 1.96. The van der Waals surface area contributed by atoms with E-state index >= 15 is 0 Å². The average molecular weight is 183 g/mol. The van der Waals surface area contributed by atoms with Gasteiger partial charge in [0.2, 0.25) is 0 Å². The first-order valence-corrected chi connectivity index (χ1v) is 5.97. The summed E-state index contributed by atoms with van der Waals surface area (Å²) in [6.45, 7) is 8.07. The molecule has 13 heavy (non-hydrogen) atoms. The highest BCUT2D eigenvalue weighted by molar-refractivity contribution is 4.76. The number of hydrogen-bond acceptors (Lipinski definition) is 1. The van der Waals surface area contributed by atoms with Gasteiger partial charge in [0.05, 0.1) is 0 Å². The van der Waals surface area contributed by atoms with Crippen LogP contribution in [0.3, 0.4) is 0 Å². The van der Waals surface area contributed by atoms with Gasteiger partial charge < -0.3 is 5.32 Å². The molecule has 0 spiro atoms. The molecule has 0 radical (unpaired) electrons. The first kappa shape index (κ1) is 11.0. The average Bonchev–Trinajstić information content (AvgIpc) is 2.15. The van der Waals surface area contributed by atoms with Crippen molar-refractivity contribution in [1.82, 2.24) is 5.32 Å². The van der Waals surface area contributed by atoms with Gasteiger partial charge in [0.1, 0.15) is 0 Å². The van der Waals surface area contributed by atoms with Crippen LogP contribution in [0.25, 0.3) is 0 Å². The molecule has 0 aromatic heterocycles. The van der Waals surface area contributed by atoms with Gasteiger partial charge in [0, 0.05) is 6.04 Å². The molecule has 0 bridgehead atoms. The van der Waals surface area contributed by atoms with Gasteiger partial charge in [0.15, 0.2) is 0 Å². The monoisotopic (exact) mass is 183 g/mol. The Labute approximate surface area is 83.3 Å². The number of nitrogens with one attached hydrogen (secondary N) is 1. The third-order valence-corrected chi connectivity index (χ3v) is 3.38. The van der Waals surface area contributed by atoms with Crippen LogP contribution >= 0.6 is 0 Å². The Morgan fingerprint density at radius 3 is 2.31 bits per heavy atom. The Morgan fingerprint density at radius 2 is 1.77 bits per heavy atom. The molecular formula is C12H25N. The standard InChI is InChI=1S/C12H25N/c1-4-11-7-5-6-8-12(11)9-13-10(2)3/h10-13H,4-9H2,1-3H3. The summed E-state index contributed by atoms with van der Waals surface area (Å²) >= 11 is 0. The minimum atomic E-state index is 0.652. The quantitative estimate of drug-likeness (QED) is 0.706. The molecule has 1 saturated carbocycles. The maximum atomic E-state index is 3.58. The molecule has 1 aliphatic carbocycles. The maximum absolute atomic E-state index is 3.58. The van der Waals surface area contributed by atoms with Gasteiger partial charge in [-0.1, -0.05) is 46.5 Å². The van der Waals surface area contributed by atoms with E-state index in [9.17, 15) is 0 Å². The van der Waals surface area contributed by atoms with E-state index in [4.69, 9.17) is 0 Å². The number of hydrogen-bond donors (Lipinski definition) is 1. The van der Waals surface area contributed by atoms with Crippen LogP contribution in [-0.2, 0) is 0 Å². The van der Waals surface area contributed by atoms with Gasteiger partial charge in [-0.15, -0.1) is 0 Å². The lowest BCUT2D eigenvalue weighted by molar-refractivity contribution is 0.220. The Kier molecular flexibility index (Phi) is 4.79. The molecular weight excluding hydrogens is 158 g/mol. The van der Waals surface area contributed by atoms with Crippen LogP contribution in [0, 0.1) is 11.8 Å². The van der Waals surface area contributed by atoms with Crippen LogP contribution in [0.1, 0.15) is 52.9 Å². The molecule has 2 unspecified atom stereocenters. The summed E-state index contributed by atoms with van der Waals surface area (Å²) in [6.07, 6.45) is 7.24. The second kappa shape index (κ2) is 5.64. The van der Waals surface area contributed by atoms with Gasteiger partial charge in [-0.3, -0.25) is 0 Å². The second-order valence-corrected chi connectivity index (χ2v) is 4.78. The van der Waals surface area contributed by atoms with Crippen LogP contribution in [0.15, 0.2) is 0 Å². The van der Waals surface area contributed by atoms with E-state index in [1.54, 1.807) is 0 Å². The minimum absolute atomic E-state index is 0.652. The van der Waals surface area contributed by atoms with E-state index in [1.807, 2.05) is 0 Å². The van der Waals surface area contributed by atoms with Gasteiger partial charge >= 0.3 is 0 Å². The van der Waals surface area contributed by atoms with Crippen LogP contribution in [0.4, 0.5) is 0 Å². The Balaban J connectivity index is 2.27. The van der Waals surface area contributed by atoms with Crippen molar-refractivity contribution in [3.63, 3.8) is 0 Å². The van der Waals surface area contributed by atoms with Crippen molar-refractivity contribution in [3.05, 3.63) is 0 Å². The fourth-order valence-corrected chi connectivity index (χ4v) is 2.48. The fourth-order valence-electron chi connectivity index (χ4n) is 2.48. The molecule has 1 fully saturated rings. The smallest absolute Gasteiger partial charge is 0.00104 e. The largest absolute Gasteiger partial charge is 0.314 e. The molecule has 0 aliphatic heterocycles. The van der Waals surface area contributed by atoms with Gasteiger partial charge in [-0.2, -0.15) is 0 Å². The fraction of sp³-hybridized carbons (Fsp3) is 1.00. The Morgan fingerprint density at radius 1 is 1.15 bits per heavy atom. The summed E-state index contributed by atoms with van der Waals surface area (Å²) in [6, 6.07) is 0.652. The molecule has 1 aliphatic rings. The zero-order valence-electron chi connectivity index (χ0n) is 9.47. The summed E-state index contributed by atoms with van der Waals surface area (Å²) in [5.41, 5.74) is 0. The van der Waals surface area contributed by atoms with E-state index < -0.39 is 0 Å².